The van der Waals surface area contributed by atoms with Gasteiger partial charge in [-0.25, -0.2) is 0 Å². The maximum atomic E-state index is 11.0. The van der Waals surface area contributed by atoms with E-state index in [-0.39, 0.29) is 30.1 Å². The van der Waals surface area contributed by atoms with E-state index in [2.05, 4.69) is 0 Å². The molecule has 75 valence electrons. The number of hydrogen-bond acceptors (Lipinski definition) is 3. The third-order valence-corrected chi connectivity index (χ3v) is 1.58. The summed E-state index contributed by atoms with van der Waals surface area (Å²) in [5.74, 6) is -0.0603. The van der Waals surface area contributed by atoms with Crippen molar-refractivity contribution in [3.63, 3.8) is 0 Å². The molecule has 1 N–H and O–H groups in total. The Labute approximate surface area is 91.0 Å². The third kappa shape index (κ3) is 6.88. The summed E-state index contributed by atoms with van der Waals surface area (Å²) in [6, 6.07) is 0. The largest absolute Gasteiger partial charge is 0.509 e. The molecule has 0 aromatic rings. The van der Waals surface area contributed by atoms with Gasteiger partial charge in [0.2, 0.25) is 0 Å². The first kappa shape index (κ1) is 15.2. The number of carbonyl (C=O) groups is 1. The van der Waals surface area contributed by atoms with E-state index in [1.54, 1.807) is 6.92 Å². The quantitative estimate of drug-likeness (QED) is 0.571. The van der Waals surface area contributed by atoms with Crippen LogP contribution in [0, 0.1) is 0 Å². The van der Waals surface area contributed by atoms with Crippen molar-refractivity contribution in [1.82, 2.24) is 0 Å². The third-order valence-electron chi connectivity index (χ3n) is 1.58. The van der Waals surface area contributed by atoms with Gasteiger partial charge in [0, 0.05) is 38.2 Å². The molecule has 0 aromatic carbocycles. The van der Waals surface area contributed by atoms with E-state index in [9.17, 15) is 9.90 Å². The molecule has 0 spiro atoms. The maximum absolute atomic E-state index is 11.0. The second-order valence-corrected chi connectivity index (χ2v) is 2.66. The first-order valence-electron chi connectivity index (χ1n) is 4.08. The van der Waals surface area contributed by atoms with Crippen molar-refractivity contribution in [2.24, 2.45) is 0 Å². The molecule has 1 radical (unpaired) electrons. The number of ketones is 1. The number of aliphatic hydroxyl groups is 1. The average Bonchev–Trinajstić information content (AvgIpc) is 2.03. The molecule has 1 unspecified atom stereocenters. The Morgan fingerprint density at radius 2 is 2.15 bits per heavy atom. The zero-order valence-corrected chi connectivity index (χ0v) is 9.68. The molecule has 0 aliphatic carbocycles. The van der Waals surface area contributed by atoms with Crippen LogP contribution in [0.3, 0.4) is 0 Å². The zero-order valence-electron chi connectivity index (χ0n) is 8.28. The topological polar surface area (TPSA) is 46.5 Å². The Balaban J connectivity index is 0. The number of allylic oxidation sites excluding steroid dienone is 1. The molecule has 0 aliphatic rings. The monoisotopic (exact) mass is 223 g/mol. The van der Waals surface area contributed by atoms with Crippen LogP contribution in [0.5, 0.6) is 0 Å². The Morgan fingerprint density at radius 3 is 2.54 bits per heavy atom. The van der Waals surface area contributed by atoms with E-state index in [0.29, 0.717) is 6.42 Å². The Hall–Kier alpha value is -0.246. The minimum Gasteiger partial charge on any atom is -0.509 e. The fourth-order valence-corrected chi connectivity index (χ4v) is 0.722. The second-order valence-electron chi connectivity index (χ2n) is 2.66. The molecule has 0 aromatic heterocycles. The molecule has 0 saturated heterocycles. The first-order chi connectivity index (χ1) is 5.61. The van der Waals surface area contributed by atoms with Crippen molar-refractivity contribution in [2.45, 2.75) is 32.8 Å². The fraction of sp³-hybridized carbons (Fsp3) is 0.667. The predicted molar refractivity (Wildman–Crippen MR) is 47.1 cm³/mol. The molecule has 0 heterocycles. The van der Waals surface area contributed by atoms with Gasteiger partial charge in [-0.15, -0.1) is 0 Å². The van der Waals surface area contributed by atoms with E-state index in [1.165, 1.54) is 13.2 Å². The van der Waals surface area contributed by atoms with Crippen LogP contribution < -0.4 is 0 Å². The summed E-state index contributed by atoms with van der Waals surface area (Å²) in [5, 5.41) is 9.23. The Kier molecular flexibility index (Phi) is 9.79. The van der Waals surface area contributed by atoms with Gasteiger partial charge < -0.3 is 9.84 Å². The summed E-state index contributed by atoms with van der Waals surface area (Å²) < 4.78 is 4.82. The van der Waals surface area contributed by atoms with E-state index >= 15 is 0 Å². The molecule has 3 nitrogen and oxygen atoms in total. The van der Waals surface area contributed by atoms with Gasteiger partial charge >= 0.3 is 0 Å². The second kappa shape index (κ2) is 8.36. The molecule has 0 amide bonds. The average molecular weight is 223 g/mol. The number of ether oxygens (including phenoxy) is 1. The molecule has 0 fully saturated rings. The summed E-state index contributed by atoms with van der Waals surface area (Å²) in [6.45, 7) is 3.60. The standard InChI is InChI=1S/C9H16O3.V/c1-4-5-8(10)6-9(11)7(2)12-3;/h6-7,11H,4-5H2,1-3H3;/b9-6-;. The fourth-order valence-electron chi connectivity index (χ4n) is 0.722. The number of hydrogen-bond donors (Lipinski definition) is 1. The van der Waals surface area contributed by atoms with Crippen LogP contribution in [0.25, 0.3) is 0 Å². The number of carbonyl (C=O) groups excluding carboxylic acids is 1. The van der Waals surface area contributed by atoms with E-state index in [0.717, 1.165) is 6.42 Å². The van der Waals surface area contributed by atoms with Crippen molar-refractivity contribution < 1.29 is 33.2 Å². The summed E-state index contributed by atoms with van der Waals surface area (Å²) in [4.78, 5) is 11.0. The van der Waals surface area contributed by atoms with E-state index < -0.39 is 6.10 Å². The van der Waals surface area contributed by atoms with Crippen LogP contribution in [0.2, 0.25) is 0 Å². The molecular formula is C9H16O3V. The molecule has 4 heteroatoms. The molecular weight excluding hydrogens is 207 g/mol. The van der Waals surface area contributed by atoms with Crippen molar-refractivity contribution in [1.29, 1.82) is 0 Å². The van der Waals surface area contributed by atoms with Gasteiger partial charge in [0.1, 0.15) is 11.9 Å². The maximum Gasteiger partial charge on any atom is 0.159 e. The summed E-state index contributed by atoms with van der Waals surface area (Å²) in [6.07, 6.45) is 2.10. The molecule has 0 rings (SSSR count). The SMILES string of the molecule is CCCC(=O)/C=C(\O)C(C)OC.[V]. The minimum atomic E-state index is -0.397. The first-order valence-corrected chi connectivity index (χ1v) is 4.08. The number of aliphatic hydroxyl groups excluding tert-OH is 1. The Morgan fingerprint density at radius 1 is 1.62 bits per heavy atom. The normalized spacial score (nSPS) is 13.3. The molecule has 13 heavy (non-hydrogen) atoms. The van der Waals surface area contributed by atoms with Crippen LogP contribution in [0.1, 0.15) is 26.7 Å². The molecule has 0 bridgehead atoms. The number of rotatable bonds is 5. The van der Waals surface area contributed by atoms with Crippen LogP contribution in [0.4, 0.5) is 0 Å². The Bertz CT molecular complexity index is 178. The van der Waals surface area contributed by atoms with E-state index in [4.69, 9.17) is 4.74 Å². The smallest absolute Gasteiger partial charge is 0.159 e. The zero-order chi connectivity index (χ0) is 9.56. The summed E-state index contributed by atoms with van der Waals surface area (Å²) in [5.41, 5.74) is 0. The number of methoxy groups -OCH3 is 1. The van der Waals surface area contributed by atoms with Gasteiger partial charge in [0.25, 0.3) is 0 Å². The van der Waals surface area contributed by atoms with Crippen molar-refractivity contribution in [3.05, 3.63) is 11.8 Å². The van der Waals surface area contributed by atoms with Crippen LogP contribution >= 0.6 is 0 Å². The van der Waals surface area contributed by atoms with Gasteiger partial charge in [-0.1, -0.05) is 6.92 Å². The van der Waals surface area contributed by atoms with Gasteiger partial charge in [-0.05, 0) is 13.3 Å². The van der Waals surface area contributed by atoms with E-state index in [1.807, 2.05) is 6.92 Å². The van der Waals surface area contributed by atoms with Crippen LogP contribution in [0.15, 0.2) is 11.8 Å². The minimum absolute atomic E-state index is 0. The van der Waals surface area contributed by atoms with Gasteiger partial charge in [0.15, 0.2) is 5.78 Å². The van der Waals surface area contributed by atoms with Crippen LogP contribution in [-0.4, -0.2) is 24.1 Å². The van der Waals surface area contributed by atoms with Crippen molar-refractivity contribution in [3.8, 4) is 0 Å². The summed E-state index contributed by atoms with van der Waals surface area (Å²) >= 11 is 0. The van der Waals surface area contributed by atoms with Crippen molar-refractivity contribution in [2.75, 3.05) is 7.11 Å². The van der Waals surface area contributed by atoms with Crippen molar-refractivity contribution >= 4 is 5.78 Å². The van der Waals surface area contributed by atoms with Crippen LogP contribution in [-0.2, 0) is 28.1 Å². The molecule has 0 aliphatic heterocycles. The van der Waals surface area contributed by atoms with Gasteiger partial charge in [0.05, 0.1) is 0 Å². The molecule has 1 atom stereocenters. The van der Waals surface area contributed by atoms with Gasteiger partial charge in [-0.3, -0.25) is 4.79 Å². The summed E-state index contributed by atoms with van der Waals surface area (Å²) in [7, 11) is 1.49. The predicted octanol–water partition coefficient (Wildman–Crippen LogP) is 1.83. The van der Waals surface area contributed by atoms with Gasteiger partial charge in [-0.2, -0.15) is 0 Å². The molecule has 0 saturated carbocycles.